The van der Waals surface area contributed by atoms with Crippen LogP contribution >= 0.6 is 0 Å². The second kappa shape index (κ2) is 7.17. The molecule has 1 aliphatic rings. The molecule has 0 aliphatic carbocycles. The second-order valence-corrected chi connectivity index (χ2v) is 6.24. The summed E-state index contributed by atoms with van der Waals surface area (Å²) in [5.41, 5.74) is 1.66. The zero-order valence-corrected chi connectivity index (χ0v) is 14.5. The van der Waals surface area contributed by atoms with E-state index in [1.54, 1.807) is 17.0 Å². The zero-order chi connectivity index (χ0) is 18.0. The minimum atomic E-state index is -0.469. The van der Waals surface area contributed by atoms with Gasteiger partial charge in [-0.05, 0) is 37.5 Å². The topological polar surface area (TPSA) is 62.3 Å². The number of rotatable bonds is 3. The van der Waals surface area contributed by atoms with Gasteiger partial charge in [-0.25, -0.2) is 4.39 Å². The Morgan fingerprint density at radius 1 is 1.36 bits per heavy atom. The molecule has 0 radical (unpaired) electrons. The molecule has 2 aromatic rings. The van der Waals surface area contributed by atoms with Crippen molar-refractivity contribution in [3.8, 4) is 0 Å². The molecule has 132 valence electrons. The van der Waals surface area contributed by atoms with E-state index in [4.69, 9.17) is 0 Å². The normalized spacial score (nSPS) is 18.1. The summed E-state index contributed by atoms with van der Waals surface area (Å²) in [4.78, 5) is 31.5. The van der Waals surface area contributed by atoms with E-state index in [1.807, 2.05) is 13.8 Å². The van der Waals surface area contributed by atoms with Crippen LogP contribution < -0.4 is 5.32 Å². The summed E-state index contributed by atoms with van der Waals surface area (Å²) in [6.07, 6.45) is 1.84. The van der Waals surface area contributed by atoms with Crippen LogP contribution in [0.15, 0.2) is 24.3 Å². The van der Waals surface area contributed by atoms with Gasteiger partial charge in [0.15, 0.2) is 0 Å². The molecule has 1 unspecified atom stereocenters. The molecule has 25 heavy (non-hydrogen) atoms. The molecule has 6 heteroatoms. The zero-order valence-electron chi connectivity index (χ0n) is 14.5. The predicted octanol–water partition coefficient (Wildman–Crippen LogP) is 2.68. The van der Waals surface area contributed by atoms with Crippen LogP contribution in [-0.2, 0) is 11.2 Å². The molecule has 1 N–H and O–H groups in total. The molecule has 1 aromatic carbocycles. The smallest absolute Gasteiger partial charge is 0.256 e. The van der Waals surface area contributed by atoms with Crippen molar-refractivity contribution < 1.29 is 14.0 Å². The highest BCUT2D eigenvalue weighted by Crippen LogP contribution is 2.22. The number of aryl methyl sites for hydroxylation is 1. The fraction of sp³-hybridized carbons (Fsp3) is 0.421. The van der Waals surface area contributed by atoms with Crippen LogP contribution in [0, 0.1) is 5.82 Å². The number of nitrogens with zero attached hydrogens (tertiary/aromatic N) is 2. The van der Waals surface area contributed by atoms with Crippen LogP contribution in [0.3, 0.4) is 0 Å². The number of amides is 2. The van der Waals surface area contributed by atoms with Crippen LogP contribution in [-0.4, -0.2) is 40.8 Å². The Morgan fingerprint density at radius 2 is 2.16 bits per heavy atom. The van der Waals surface area contributed by atoms with Gasteiger partial charge in [-0.15, -0.1) is 0 Å². The van der Waals surface area contributed by atoms with Crippen LogP contribution in [0.4, 0.5) is 4.39 Å². The number of aromatic nitrogens is 1. The second-order valence-electron chi connectivity index (χ2n) is 6.24. The van der Waals surface area contributed by atoms with Gasteiger partial charge in [0.05, 0.1) is 16.8 Å². The highest BCUT2D eigenvalue weighted by atomic mass is 19.1. The highest BCUT2D eigenvalue weighted by molar-refractivity contribution is 6.01. The van der Waals surface area contributed by atoms with Gasteiger partial charge in [0.25, 0.3) is 5.91 Å². The molecule has 5 nitrogen and oxygen atoms in total. The summed E-state index contributed by atoms with van der Waals surface area (Å²) >= 11 is 0. The Balaban J connectivity index is 2.05. The average Bonchev–Trinajstić information content (AvgIpc) is 2.80. The van der Waals surface area contributed by atoms with Crippen molar-refractivity contribution in [1.82, 2.24) is 15.2 Å². The van der Waals surface area contributed by atoms with Gasteiger partial charge in [0.1, 0.15) is 11.9 Å². The minimum Gasteiger partial charge on any atom is -0.354 e. The number of hydrogen-bond acceptors (Lipinski definition) is 3. The third-order valence-corrected chi connectivity index (χ3v) is 4.63. The third-order valence-electron chi connectivity index (χ3n) is 4.63. The van der Waals surface area contributed by atoms with E-state index in [0.29, 0.717) is 48.1 Å². The van der Waals surface area contributed by atoms with Gasteiger partial charge in [-0.1, -0.05) is 13.8 Å². The van der Waals surface area contributed by atoms with Crippen molar-refractivity contribution >= 4 is 22.7 Å². The summed E-state index contributed by atoms with van der Waals surface area (Å²) in [6, 6.07) is 5.65. The summed E-state index contributed by atoms with van der Waals surface area (Å²) in [6.45, 7) is 4.92. The molecule has 1 saturated heterocycles. The molecular weight excluding hydrogens is 321 g/mol. The first-order valence-electron chi connectivity index (χ1n) is 8.73. The maximum absolute atomic E-state index is 13.4. The number of nitrogens with one attached hydrogen (secondary N) is 1. The van der Waals surface area contributed by atoms with Crippen molar-refractivity contribution in [2.24, 2.45) is 0 Å². The molecule has 0 bridgehead atoms. The minimum absolute atomic E-state index is 0.109. The lowest BCUT2D eigenvalue weighted by molar-refractivity contribution is -0.124. The number of carbonyl (C=O) groups is 2. The van der Waals surface area contributed by atoms with Crippen molar-refractivity contribution in [3.63, 3.8) is 0 Å². The van der Waals surface area contributed by atoms with Crippen molar-refractivity contribution in [2.45, 2.75) is 39.2 Å². The molecule has 2 heterocycles. The SMILES string of the molecule is CCc1nc2cc(F)ccc2cc1C(=O)N1CCCNC(=O)C1CC. The maximum atomic E-state index is 13.4. The summed E-state index contributed by atoms with van der Waals surface area (Å²) in [5, 5.41) is 3.57. The van der Waals surface area contributed by atoms with Gasteiger partial charge < -0.3 is 10.2 Å². The van der Waals surface area contributed by atoms with Gasteiger partial charge in [0, 0.05) is 24.5 Å². The van der Waals surface area contributed by atoms with Crippen molar-refractivity contribution in [2.75, 3.05) is 13.1 Å². The lowest BCUT2D eigenvalue weighted by atomic mass is 10.0. The molecule has 0 saturated carbocycles. The summed E-state index contributed by atoms with van der Waals surface area (Å²) in [5.74, 6) is -0.641. The first-order valence-corrected chi connectivity index (χ1v) is 8.73. The van der Waals surface area contributed by atoms with E-state index in [9.17, 15) is 14.0 Å². The van der Waals surface area contributed by atoms with Gasteiger partial charge in [-0.3, -0.25) is 14.6 Å². The third kappa shape index (κ3) is 3.34. The number of pyridine rings is 1. The lowest BCUT2D eigenvalue weighted by Gasteiger charge is -2.28. The Kier molecular flexibility index (Phi) is 4.97. The maximum Gasteiger partial charge on any atom is 0.256 e. The van der Waals surface area contributed by atoms with E-state index in [0.717, 1.165) is 6.42 Å². The predicted molar refractivity (Wildman–Crippen MR) is 93.8 cm³/mol. The fourth-order valence-electron chi connectivity index (χ4n) is 3.31. The first kappa shape index (κ1) is 17.3. The Bertz CT molecular complexity index is 822. The number of hydrogen-bond donors (Lipinski definition) is 1. The quantitative estimate of drug-likeness (QED) is 0.932. The van der Waals surface area contributed by atoms with Crippen molar-refractivity contribution in [3.05, 3.63) is 41.3 Å². The summed E-state index contributed by atoms with van der Waals surface area (Å²) in [7, 11) is 0. The Morgan fingerprint density at radius 3 is 2.88 bits per heavy atom. The van der Waals surface area contributed by atoms with Crippen molar-refractivity contribution in [1.29, 1.82) is 0 Å². The number of carbonyl (C=O) groups excluding carboxylic acids is 2. The van der Waals surface area contributed by atoms with Crippen LogP contribution in [0.2, 0.25) is 0 Å². The van der Waals surface area contributed by atoms with E-state index < -0.39 is 6.04 Å². The Hall–Kier alpha value is -2.50. The average molecular weight is 343 g/mol. The molecular formula is C19H22FN3O2. The standard InChI is InChI=1S/C19H22FN3O2/c1-3-15-14(10-12-6-7-13(20)11-16(12)22-15)19(25)23-9-5-8-21-18(24)17(23)4-2/h6-7,10-11,17H,3-5,8-9H2,1-2H3,(H,21,24). The van der Waals surface area contributed by atoms with Crippen LogP contribution in [0.1, 0.15) is 42.7 Å². The summed E-state index contributed by atoms with van der Waals surface area (Å²) < 4.78 is 13.4. The van der Waals surface area contributed by atoms with E-state index in [2.05, 4.69) is 10.3 Å². The monoisotopic (exact) mass is 343 g/mol. The van der Waals surface area contributed by atoms with Gasteiger partial charge in [0.2, 0.25) is 5.91 Å². The van der Waals surface area contributed by atoms with Gasteiger partial charge >= 0.3 is 0 Å². The number of benzene rings is 1. The van der Waals surface area contributed by atoms with E-state index in [-0.39, 0.29) is 17.6 Å². The molecule has 1 fully saturated rings. The molecule has 1 aliphatic heterocycles. The highest BCUT2D eigenvalue weighted by Gasteiger charge is 2.31. The molecule has 1 aromatic heterocycles. The molecule has 1 atom stereocenters. The number of halogens is 1. The first-order chi connectivity index (χ1) is 12.0. The van der Waals surface area contributed by atoms with Crippen LogP contribution in [0.5, 0.6) is 0 Å². The number of fused-ring (bicyclic) bond motifs is 1. The van der Waals surface area contributed by atoms with E-state index in [1.165, 1.54) is 12.1 Å². The molecule has 3 rings (SSSR count). The van der Waals surface area contributed by atoms with Gasteiger partial charge in [-0.2, -0.15) is 0 Å². The Labute approximate surface area is 146 Å². The fourth-order valence-corrected chi connectivity index (χ4v) is 3.31. The lowest BCUT2D eigenvalue weighted by Crippen LogP contribution is -2.47. The van der Waals surface area contributed by atoms with Crippen LogP contribution in [0.25, 0.3) is 10.9 Å². The largest absolute Gasteiger partial charge is 0.354 e. The van der Waals surface area contributed by atoms with E-state index >= 15 is 0 Å². The molecule has 2 amide bonds. The molecule has 0 spiro atoms.